The second kappa shape index (κ2) is 4.68. The Morgan fingerprint density at radius 2 is 1.67 bits per heavy atom. The van der Waals surface area contributed by atoms with E-state index in [1.165, 1.54) is 5.69 Å². The molecule has 1 aliphatic heterocycles. The van der Waals surface area contributed by atoms with Crippen LogP contribution in [0, 0.1) is 11.8 Å². The van der Waals surface area contributed by atoms with Gasteiger partial charge < -0.3 is 10.2 Å². The molecule has 1 saturated heterocycles. The molecule has 1 aliphatic rings. The largest absolute Gasteiger partial charge is 0.370 e. The van der Waals surface area contributed by atoms with E-state index in [0.717, 1.165) is 12.4 Å². The van der Waals surface area contributed by atoms with Gasteiger partial charge >= 0.3 is 0 Å². The third kappa shape index (κ3) is 1.71. The van der Waals surface area contributed by atoms with Gasteiger partial charge in [0.2, 0.25) is 0 Å². The van der Waals surface area contributed by atoms with Gasteiger partial charge in [-0.2, -0.15) is 0 Å². The summed E-state index contributed by atoms with van der Waals surface area (Å²) in [7, 11) is 0. The molecule has 0 spiro atoms. The SMILES string of the molecule is C=C1NCN(c2ccccc2)C1(C(C)C)C(C)C. The van der Waals surface area contributed by atoms with Gasteiger partial charge in [-0.05, 0) is 24.0 Å². The van der Waals surface area contributed by atoms with Crippen molar-refractivity contribution in [3.8, 4) is 0 Å². The van der Waals surface area contributed by atoms with Crippen molar-refractivity contribution in [3.63, 3.8) is 0 Å². The molecule has 98 valence electrons. The summed E-state index contributed by atoms with van der Waals surface area (Å²) in [5.74, 6) is 1.03. The van der Waals surface area contributed by atoms with Crippen LogP contribution in [0.3, 0.4) is 0 Å². The second-order valence-electron chi connectivity index (χ2n) is 5.71. The number of para-hydroxylation sites is 1. The van der Waals surface area contributed by atoms with Crippen molar-refractivity contribution >= 4 is 5.69 Å². The summed E-state index contributed by atoms with van der Waals surface area (Å²) in [6.07, 6.45) is 0. The molecule has 0 bridgehead atoms. The van der Waals surface area contributed by atoms with Gasteiger partial charge in [-0.1, -0.05) is 52.5 Å². The zero-order valence-electron chi connectivity index (χ0n) is 11.9. The van der Waals surface area contributed by atoms with Gasteiger partial charge in [0.25, 0.3) is 0 Å². The van der Waals surface area contributed by atoms with E-state index >= 15 is 0 Å². The Balaban J connectivity index is 2.50. The van der Waals surface area contributed by atoms with Crippen molar-refractivity contribution < 1.29 is 0 Å². The highest BCUT2D eigenvalue weighted by atomic mass is 15.4. The van der Waals surface area contributed by atoms with Crippen molar-refractivity contribution in [2.75, 3.05) is 11.6 Å². The summed E-state index contributed by atoms with van der Waals surface area (Å²) in [4.78, 5) is 2.46. The molecule has 2 heteroatoms. The molecule has 1 N–H and O–H groups in total. The van der Waals surface area contributed by atoms with Crippen molar-refractivity contribution in [1.82, 2.24) is 5.32 Å². The number of rotatable bonds is 3. The van der Waals surface area contributed by atoms with E-state index in [2.05, 4.69) is 74.8 Å². The lowest BCUT2D eigenvalue weighted by Crippen LogP contribution is -2.53. The zero-order valence-corrected chi connectivity index (χ0v) is 11.9. The zero-order chi connectivity index (χ0) is 13.3. The van der Waals surface area contributed by atoms with Gasteiger partial charge in [-0.3, -0.25) is 0 Å². The average molecular weight is 244 g/mol. The molecule has 18 heavy (non-hydrogen) atoms. The molecule has 1 fully saturated rings. The number of hydrogen-bond donors (Lipinski definition) is 1. The summed E-state index contributed by atoms with van der Waals surface area (Å²) >= 11 is 0. The molecule has 0 radical (unpaired) electrons. The van der Waals surface area contributed by atoms with Crippen LogP contribution in [-0.2, 0) is 0 Å². The van der Waals surface area contributed by atoms with Crippen LogP contribution in [0.15, 0.2) is 42.6 Å². The van der Waals surface area contributed by atoms with E-state index < -0.39 is 0 Å². The van der Waals surface area contributed by atoms with E-state index in [1.807, 2.05) is 0 Å². The molecule has 2 nitrogen and oxygen atoms in total. The lowest BCUT2D eigenvalue weighted by molar-refractivity contribution is 0.274. The standard InChI is InChI=1S/C16H24N2/c1-12(2)16(13(3)4)14(5)17-11-18(16)15-9-7-6-8-10-15/h6-10,12-13,17H,5,11H2,1-4H3. The minimum atomic E-state index is 0.00134. The van der Waals surface area contributed by atoms with Crippen LogP contribution in [0.1, 0.15) is 27.7 Å². The third-order valence-electron chi connectivity index (χ3n) is 4.21. The molecular formula is C16H24N2. The van der Waals surface area contributed by atoms with Crippen LogP contribution in [-0.4, -0.2) is 12.2 Å². The number of benzene rings is 1. The molecule has 0 atom stereocenters. The van der Waals surface area contributed by atoms with Crippen molar-refractivity contribution in [1.29, 1.82) is 0 Å². The molecule has 0 saturated carbocycles. The molecule has 1 aromatic carbocycles. The maximum atomic E-state index is 4.27. The Morgan fingerprint density at radius 3 is 2.17 bits per heavy atom. The molecule has 1 aromatic rings. The maximum Gasteiger partial charge on any atom is 0.0884 e. The molecule has 0 aromatic heterocycles. The molecule has 2 rings (SSSR count). The average Bonchev–Trinajstić information content (AvgIpc) is 2.68. The lowest BCUT2D eigenvalue weighted by Gasteiger charge is -2.46. The fourth-order valence-electron chi connectivity index (χ4n) is 3.51. The van der Waals surface area contributed by atoms with Crippen LogP contribution in [0.5, 0.6) is 0 Å². The monoisotopic (exact) mass is 244 g/mol. The smallest absolute Gasteiger partial charge is 0.0884 e. The third-order valence-corrected chi connectivity index (χ3v) is 4.21. The fourth-order valence-corrected chi connectivity index (χ4v) is 3.51. The van der Waals surface area contributed by atoms with E-state index in [0.29, 0.717) is 11.8 Å². The van der Waals surface area contributed by atoms with Crippen molar-refractivity contribution in [2.45, 2.75) is 33.2 Å². The summed E-state index contributed by atoms with van der Waals surface area (Å²) in [6.45, 7) is 14.3. The number of nitrogens with zero attached hydrogens (tertiary/aromatic N) is 1. The Bertz CT molecular complexity index is 412. The highest BCUT2D eigenvalue weighted by Crippen LogP contribution is 2.43. The quantitative estimate of drug-likeness (QED) is 0.873. The second-order valence-corrected chi connectivity index (χ2v) is 5.71. The number of hydrogen-bond acceptors (Lipinski definition) is 2. The first-order valence-corrected chi connectivity index (χ1v) is 6.77. The summed E-state index contributed by atoms with van der Waals surface area (Å²) in [6, 6.07) is 10.6. The minimum Gasteiger partial charge on any atom is -0.370 e. The van der Waals surface area contributed by atoms with Crippen molar-refractivity contribution in [2.24, 2.45) is 11.8 Å². The maximum absolute atomic E-state index is 4.27. The Hall–Kier alpha value is -1.44. The van der Waals surface area contributed by atoms with Gasteiger partial charge in [0.05, 0.1) is 12.2 Å². The van der Waals surface area contributed by atoms with E-state index in [9.17, 15) is 0 Å². The molecule has 0 unspecified atom stereocenters. The molecule has 0 amide bonds. The topological polar surface area (TPSA) is 15.3 Å². The van der Waals surface area contributed by atoms with Gasteiger partial charge in [0.15, 0.2) is 0 Å². The lowest BCUT2D eigenvalue weighted by atomic mass is 9.74. The summed E-state index contributed by atoms with van der Waals surface area (Å²) in [5, 5.41) is 3.45. The van der Waals surface area contributed by atoms with E-state index in [1.54, 1.807) is 0 Å². The van der Waals surface area contributed by atoms with Gasteiger partial charge in [-0.15, -0.1) is 0 Å². The Labute approximate surface area is 111 Å². The highest BCUT2D eigenvalue weighted by Gasteiger charge is 2.49. The van der Waals surface area contributed by atoms with Crippen LogP contribution in [0.25, 0.3) is 0 Å². The van der Waals surface area contributed by atoms with E-state index in [4.69, 9.17) is 0 Å². The highest BCUT2D eigenvalue weighted by molar-refractivity contribution is 5.55. The number of anilines is 1. The molecule has 1 heterocycles. The molecular weight excluding hydrogens is 220 g/mol. The van der Waals surface area contributed by atoms with Crippen LogP contribution >= 0.6 is 0 Å². The summed E-state index contributed by atoms with van der Waals surface area (Å²) in [5.41, 5.74) is 2.42. The van der Waals surface area contributed by atoms with Crippen LogP contribution < -0.4 is 10.2 Å². The fraction of sp³-hybridized carbons (Fsp3) is 0.500. The van der Waals surface area contributed by atoms with Crippen LogP contribution in [0.4, 0.5) is 5.69 Å². The van der Waals surface area contributed by atoms with Crippen molar-refractivity contribution in [3.05, 3.63) is 42.6 Å². The first-order valence-electron chi connectivity index (χ1n) is 6.77. The predicted octanol–water partition coefficient (Wildman–Crippen LogP) is 3.62. The Morgan fingerprint density at radius 1 is 1.11 bits per heavy atom. The van der Waals surface area contributed by atoms with Gasteiger partial charge in [0.1, 0.15) is 0 Å². The first-order chi connectivity index (χ1) is 8.51. The minimum absolute atomic E-state index is 0.00134. The van der Waals surface area contributed by atoms with E-state index in [-0.39, 0.29) is 5.54 Å². The van der Waals surface area contributed by atoms with Crippen LogP contribution in [0.2, 0.25) is 0 Å². The summed E-state index contributed by atoms with van der Waals surface area (Å²) < 4.78 is 0. The molecule has 0 aliphatic carbocycles. The first kappa shape index (κ1) is 13.0. The normalized spacial score (nSPS) is 18.6. The predicted molar refractivity (Wildman–Crippen MR) is 78.5 cm³/mol. The Kier molecular flexibility index (Phi) is 3.38. The van der Waals surface area contributed by atoms with Gasteiger partial charge in [0, 0.05) is 11.4 Å². The number of nitrogens with one attached hydrogen (secondary N) is 1. The van der Waals surface area contributed by atoms with Gasteiger partial charge in [-0.25, -0.2) is 0 Å².